The molecule has 1 aliphatic rings. The highest BCUT2D eigenvalue weighted by Crippen LogP contribution is 2.26. The third-order valence-electron chi connectivity index (χ3n) is 4.82. The van der Waals surface area contributed by atoms with Gasteiger partial charge < -0.3 is 14.6 Å². The number of methoxy groups -OCH3 is 1. The largest absolute Gasteiger partial charge is 0.497 e. The maximum Gasteiger partial charge on any atom is 0.149 e. The first-order valence-corrected chi connectivity index (χ1v) is 8.88. The Balaban J connectivity index is 1.68. The number of aromatic nitrogens is 2. The number of anilines is 1. The van der Waals surface area contributed by atoms with Gasteiger partial charge >= 0.3 is 0 Å². The average molecular weight is 362 g/mol. The molecule has 1 fully saturated rings. The highest BCUT2D eigenvalue weighted by Gasteiger charge is 2.15. The zero-order valence-electron chi connectivity index (χ0n) is 15.0. The fraction of sp³-hybridized carbons (Fsp3) is 0.238. The molecule has 4 rings (SSSR count). The number of aromatic amines is 1. The fourth-order valence-electron chi connectivity index (χ4n) is 3.36. The van der Waals surface area contributed by atoms with Crippen LogP contribution in [0, 0.1) is 17.1 Å². The first-order chi connectivity index (χ1) is 13.2. The highest BCUT2D eigenvalue weighted by molar-refractivity contribution is 5.90. The van der Waals surface area contributed by atoms with E-state index in [1.54, 1.807) is 19.2 Å². The van der Waals surface area contributed by atoms with Crippen LogP contribution < -0.4 is 9.64 Å². The summed E-state index contributed by atoms with van der Waals surface area (Å²) in [6, 6.07) is 12.7. The lowest BCUT2D eigenvalue weighted by Crippen LogP contribution is -2.17. The van der Waals surface area contributed by atoms with E-state index in [9.17, 15) is 9.65 Å². The Morgan fingerprint density at radius 1 is 1.26 bits per heavy atom. The number of hydrogen-bond donors (Lipinski definition) is 1. The van der Waals surface area contributed by atoms with Crippen molar-refractivity contribution >= 4 is 28.4 Å². The minimum Gasteiger partial charge on any atom is -0.497 e. The van der Waals surface area contributed by atoms with E-state index in [-0.39, 0.29) is 11.4 Å². The normalized spacial score (nSPS) is 14.6. The molecule has 136 valence electrons. The number of ether oxygens (including phenoxy) is 1. The number of hydrogen-bond acceptors (Lipinski definition) is 4. The first kappa shape index (κ1) is 17.1. The van der Waals surface area contributed by atoms with Crippen molar-refractivity contribution in [2.75, 3.05) is 25.1 Å². The lowest BCUT2D eigenvalue weighted by Gasteiger charge is -2.17. The van der Waals surface area contributed by atoms with Gasteiger partial charge in [0.25, 0.3) is 0 Å². The van der Waals surface area contributed by atoms with E-state index < -0.39 is 0 Å². The van der Waals surface area contributed by atoms with Crippen molar-refractivity contribution in [2.24, 2.45) is 0 Å². The molecule has 0 aliphatic carbocycles. The molecule has 1 aromatic heterocycles. The quantitative estimate of drug-likeness (QED) is 0.700. The van der Waals surface area contributed by atoms with Gasteiger partial charge in [-0.2, -0.15) is 5.26 Å². The second-order valence-electron chi connectivity index (χ2n) is 6.54. The summed E-state index contributed by atoms with van der Waals surface area (Å²) in [5.74, 6) is 0.762. The maximum absolute atomic E-state index is 14.6. The van der Waals surface area contributed by atoms with Crippen molar-refractivity contribution in [1.82, 2.24) is 9.97 Å². The number of H-pyrrole nitrogens is 1. The third-order valence-corrected chi connectivity index (χ3v) is 4.82. The van der Waals surface area contributed by atoms with E-state index in [1.807, 2.05) is 18.2 Å². The van der Waals surface area contributed by atoms with Crippen LogP contribution in [-0.4, -0.2) is 30.2 Å². The van der Waals surface area contributed by atoms with E-state index in [0.717, 1.165) is 42.7 Å². The summed E-state index contributed by atoms with van der Waals surface area (Å²) in [5.41, 5.74) is 3.01. The number of fused-ring (bicyclic) bond motifs is 1. The van der Waals surface area contributed by atoms with Crippen LogP contribution in [0.5, 0.6) is 5.75 Å². The van der Waals surface area contributed by atoms with Crippen LogP contribution in [0.3, 0.4) is 0 Å². The Hall–Kier alpha value is -3.33. The van der Waals surface area contributed by atoms with E-state index in [2.05, 4.69) is 20.9 Å². The molecule has 0 unspecified atom stereocenters. The summed E-state index contributed by atoms with van der Waals surface area (Å²) in [4.78, 5) is 9.71. The number of halogens is 1. The van der Waals surface area contributed by atoms with Gasteiger partial charge in [0, 0.05) is 30.4 Å². The summed E-state index contributed by atoms with van der Waals surface area (Å²) in [6.45, 7) is 1.92. The van der Waals surface area contributed by atoms with Gasteiger partial charge in [0.05, 0.1) is 23.7 Å². The fourth-order valence-corrected chi connectivity index (χ4v) is 3.36. The minimum atomic E-state index is -0.343. The number of rotatable bonds is 4. The molecule has 1 saturated heterocycles. The van der Waals surface area contributed by atoms with Gasteiger partial charge in [-0.05, 0) is 49.2 Å². The van der Waals surface area contributed by atoms with Crippen LogP contribution in [0.25, 0.3) is 22.7 Å². The Bertz CT molecular complexity index is 1060. The zero-order chi connectivity index (χ0) is 18.8. The smallest absolute Gasteiger partial charge is 0.149 e. The summed E-state index contributed by atoms with van der Waals surface area (Å²) in [7, 11) is 1.59. The lowest BCUT2D eigenvalue weighted by atomic mass is 10.1. The van der Waals surface area contributed by atoms with E-state index >= 15 is 0 Å². The van der Waals surface area contributed by atoms with E-state index in [1.165, 1.54) is 12.1 Å². The topological polar surface area (TPSA) is 64.9 Å². The molecular formula is C21H19FN4O. The molecule has 1 aliphatic heterocycles. The van der Waals surface area contributed by atoms with Gasteiger partial charge in [-0.25, -0.2) is 9.37 Å². The van der Waals surface area contributed by atoms with Crippen molar-refractivity contribution < 1.29 is 9.13 Å². The minimum absolute atomic E-state index is 0.276. The molecule has 1 N–H and O–H groups in total. The summed E-state index contributed by atoms with van der Waals surface area (Å²) >= 11 is 0. The maximum atomic E-state index is 14.6. The molecule has 0 spiro atoms. The second-order valence-corrected chi connectivity index (χ2v) is 6.54. The van der Waals surface area contributed by atoms with Gasteiger partial charge in [-0.15, -0.1) is 0 Å². The molecule has 2 heterocycles. The zero-order valence-corrected chi connectivity index (χ0v) is 15.0. The SMILES string of the molecule is COc1ccc2nc(C(C#N)=Cc3ccc(N4CCCC4)cc3F)[nH]c2c1. The Kier molecular flexibility index (Phi) is 4.51. The molecular weight excluding hydrogens is 343 g/mol. The van der Waals surface area contributed by atoms with Crippen LogP contribution in [-0.2, 0) is 0 Å². The van der Waals surface area contributed by atoms with Crippen molar-refractivity contribution in [3.05, 3.63) is 53.6 Å². The Morgan fingerprint density at radius 2 is 2.07 bits per heavy atom. The first-order valence-electron chi connectivity index (χ1n) is 8.88. The number of benzene rings is 2. The molecule has 2 aromatic carbocycles. The van der Waals surface area contributed by atoms with Gasteiger partial charge in [-0.1, -0.05) is 0 Å². The highest BCUT2D eigenvalue weighted by atomic mass is 19.1. The van der Waals surface area contributed by atoms with Crippen LogP contribution in [0.4, 0.5) is 10.1 Å². The van der Waals surface area contributed by atoms with Gasteiger partial charge in [0.1, 0.15) is 23.5 Å². The lowest BCUT2D eigenvalue weighted by molar-refractivity contribution is 0.415. The standard InChI is InChI=1S/C21H19FN4O/c1-27-17-6-7-19-20(12-17)25-21(24-19)15(13-23)10-14-4-5-16(11-18(14)22)26-8-2-3-9-26/h4-7,10-12H,2-3,8-9H2,1H3,(H,24,25). The molecule has 3 aromatic rings. The predicted molar refractivity (Wildman–Crippen MR) is 104 cm³/mol. The van der Waals surface area contributed by atoms with E-state index in [0.29, 0.717) is 17.1 Å². The van der Waals surface area contributed by atoms with Crippen LogP contribution in [0.2, 0.25) is 0 Å². The van der Waals surface area contributed by atoms with Gasteiger partial charge in [0.2, 0.25) is 0 Å². The summed E-state index contributed by atoms with van der Waals surface area (Å²) < 4.78 is 19.8. The molecule has 0 saturated carbocycles. The molecule has 0 bridgehead atoms. The van der Waals surface area contributed by atoms with Gasteiger partial charge in [0.15, 0.2) is 0 Å². The number of imidazole rings is 1. The van der Waals surface area contributed by atoms with Crippen molar-refractivity contribution in [1.29, 1.82) is 5.26 Å². The Morgan fingerprint density at radius 3 is 2.78 bits per heavy atom. The summed E-state index contributed by atoms with van der Waals surface area (Å²) in [5, 5.41) is 9.55. The van der Waals surface area contributed by atoms with Crippen molar-refractivity contribution in [3.8, 4) is 11.8 Å². The number of nitrogens with one attached hydrogen (secondary N) is 1. The van der Waals surface area contributed by atoms with Crippen LogP contribution >= 0.6 is 0 Å². The van der Waals surface area contributed by atoms with Gasteiger partial charge in [-0.3, -0.25) is 0 Å². The predicted octanol–water partition coefficient (Wildman–Crippen LogP) is 4.37. The van der Waals surface area contributed by atoms with Crippen LogP contribution in [0.1, 0.15) is 24.2 Å². The molecule has 5 nitrogen and oxygen atoms in total. The van der Waals surface area contributed by atoms with E-state index in [4.69, 9.17) is 4.74 Å². The average Bonchev–Trinajstić information content (AvgIpc) is 3.36. The third kappa shape index (κ3) is 3.36. The number of nitriles is 1. The molecule has 6 heteroatoms. The Labute approximate surface area is 156 Å². The van der Waals surface area contributed by atoms with Crippen molar-refractivity contribution in [2.45, 2.75) is 12.8 Å². The second kappa shape index (κ2) is 7.12. The molecule has 27 heavy (non-hydrogen) atoms. The molecule has 0 atom stereocenters. The van der Waals surface area contributed by atoms with Crippen molar-refractivity contribution in [3.63, 3.8) is 0 Å². The number of allylic oxidation sites excluding steroid dienone is 1. The monoisotopic (exact) mass is 362 g/mol. The number of nitrogens with zero attached hydrogens (tertiary/aromatic N) is 3. The molecule has 0 amide bonds. The summed E-state index contributed by atoms with van der Waals surface area (Å²) in [6.07, 6.45) is 3.80. The molecule has 0 radical (unpaired) electrons. The van der Waals surface area contributed by atoms with Crippen LogP contribution in [0.15, 0.2) is 36.4 Å².